The Morgan fingerprint density at radius 3 is 3.20 bits per heavy atom. The monoisotopic (exact) mass is 204 g/mol. The lowest BCUT2D eigenvalue weighted by molar-refractivity contribution is 0.0663. The number of aromatic amines is 1. The molecule has 0 spiro atoms. The Morgan fingerprint density at radius 2 is 2.40 bits per heavy atom. The van der Waals surface area contributed by atoms with Gasteiger partial charge in [-0.25, -0.2) is 4.79 Å². The Balaban J connectivity index is 2.20. The molecule has 5 nitrogen and oxygen atoms in total. The van der Waals surface area contributed by atoms with E-state index in [1.807, 2.05) is 12.3 Å². The number of carboxylic acids is 1. The van der Waals surface area contributed by atoms with Gasteiger partial charge in [0.15, 0.2) is 5.76 Å². The van der Waals surface area contributed by atoms with Gasteiger partial charge in [-0.2, -0.15) is 0 Å². The maximum atomic E-state index is 10.7. The molecular formula is C10H8N2O3. The number of hydrogen-bond donors (Lipinski definition) is 3. The standard InChI is InChI=1S/C10H8N2O3/c13-10(14)7-3-6-9(15-7)8-5(4-12-6)1-2-11-8/h1-3,11-12H,4H2,(H,13,14). The molecule has 0 bridgehead atoms. The Labute approximate surface area is 84.7 Å². The number of fused-ring (bicyclic) bond motifs is 3. The average Bonchev–Trinajstić information content (AvgIpc) is 2.82. The Bertz CT molecular complexity index is 539. The summed E-state index contributed by atoms with van der Waals surface area (Å²) in [5, 5.41) is 11.9. The van der Waals surface area contributed by atoms with Gasteiger partial charge in [0.25, 0.3) is 0 Å². The lowest BCUT2D eigenvalue weighted by Gasteiger charge is -2.12. The number of carbonyl (C=O) groups is 1. The summed E-state index contributed by atoms with van der Waals surface area (Å²) in [4.78, 5) is 13.8. The van der Waals surface area contributed by atoms with Gasteiger partial charge in [-0.3, -0.25) is 0 Å². The maximum absolute atomic E-state index is 10.7. The molecule has 2 aromatic rings. The van der Waals surface area contributed by atoms with Crippen LogP contribution in [0, 0.1) is 0 Å². The van der Waals surface area contributed by atoms with E-state index in [2.05, 4.69) is 10.3 Å². The number of carboxylic acid groups (broad SMARTS) is 1. The number of H-pyrrole nitrogens is 1. The van der Waals surface area contributed by atoms with Crippen LogP contribution in [0.3, 0.4) is 0 Å². The fraction of sp³-hybridized carbons (Fsp3) is 0.100. The third kappa shape index (κ3) is 1.06. The molecule has 1 aliphatic rings. The number of hydrogen-bond acceptors (Lipinski definition) is 3. The molecule has 0 saturated heterocycles. The van der Waals surface area contributed by atoms with Crippen molar-refractivity contribution in [1.29, 1.82) is 0 Å². The highest BCUT2D eigenvalue weighted by Crippen LogP contribution is 2.36. The molecule has 0 saturated carbocycles. The smallest absolute Gasteiger partial charge is 0.371 e. The molecule has 0 unspecified atom stereocenters. The third-order valence-electron chi connectivity index (χ3n) is 2.47. The first-order chi connectivity index (χ1) is 7.25. The number of aromatic carboxylic acids is 1. The van der Waals surface area contributed by atoms with E-state index < -0.39 is 5.97 Å². The highest BCUT2D eigenvalue weighted by Gasteiger charge is 2.23. The van der Waals surface area contributed by atoms with Crippen molar-refractivity contribution < 1.29 is 14.3 Å². The summed E-state index contributed by atoms with van der Waals surface area (Å²) >= 11 is 0. The molecule has 0 aliphatic carbocycles. The highest BCUT2D eigenvalue weighted by atomic mass is 16.4. The molecule has 0 radical (unpaired) electrons. The minimum Gasteiger partial charge on any atom is -0.475 e. The van der Waals surface area contributed by atoms with Crippen molar-refractivity contribution in [3.8, 4) is 11.5 Å². The van der Waals surface area contributed by atoms with Gasteiger partial charge in [0, 0.05) is 18.8 Å². The summed E-state index contributed by atoms with van der Waals surface area (Å²) in [7, 11) is 0. The third-order valence-corrected chi connectivity index (χ3v) is 2.47. The van der Waals surface area contributed by atoms with Crippen molar-refractivity contribution in [2.45, 2.75) is 6.54 Å². The first-order valence-corrected chi connectivity index (χ1v) is 4.53. The van der Waals surface area contributed by atoms with E-state index in [0.29, 0.717) is 12.3 Å². The van der Waals surface area contributed by atoms with E-state index in [0.717, 1.165) is 16.9 Å². The van der Waals surface area contributed by atoms with Gasteiger partial charge in [-0.05, 0) is 11.6 Å². The van der Waals surface area contributed by atoms with Gasteiger partial charge < -0.3 is 19.8 Å². The molecule has 0 amide bonds. The van der Waals surface area contributed by atoms with Crippen molar-refractivity contribution in [3.63, 3.8) is 0 Å². The van der Waals surface area contributed by atoms with Crippen LogP contribution < -0.4 is 5.32 Å². The largest absolute Gasteiger partial charge is 0.475 e. The maximum Gasteiger partial charge on any atom is 0.371 e. The van der Waals surface area contributed by atoms with Crippen LogP contribution in [0.5, 0.6) is 0 Å². The fourth-order valence-corrected chi connectivity index (χ4v) is 1.76. The number of nitrogens with one attached hydrogen (secondary N) is 2. The SMILES string of the molecule is O=C(O)c1cc2c(o1)-c1[nH]ccc1CN2. The first kappa shape index (κ1) is 8.16. The van der Waals surface area contributed by atoms with Gasteiger partial charge >= 0.3 is 5.97 Å². The summed E-state index contributed by atoms with van der Waals surface area (Å²) in [6.45, 7) is 0.685. The van der Waals surface area contributed by atoms with Crippen LogP contribution in [0.2, 0.25) is 0 Å². The van der Waals surface area contributed by atoms with E-state index in [1.165, 1.54) is 6.07 Å². The van der Waals surface area contributed by atoms with Crippen molar-refractivity contribution in [3.05, 3.63) is 29.7 Å². The van der Waals surface area contributed by atoms with Crippen LogP contribution in [0.4, 0.5) is 5.69 Å². The Kier molecular flexibility index (Phi) is 1.45. The summed E-state index contributed by atoms with van der Waals surface area (Å²) in [6.07, 6.45) is 1.81. The first-order valence-electron chi connectivity index (χ1n) is 4.53. The minimum absolute atomic E-state index is 0.0463. The molecule has 0 fully saturated rings. The fourth-order valence-electron chi connectivity index (χ4n) is 1.76. The molecule has 15 heavy (non-hydrogen) atoms. The Morgan fingerprint density at radius 1 is 1.53 bits per heavy atom. The second kappa shape index (κ2) is 2.66. The lowest BCUT2D eigenvalue weighted by atomic mass is 10.1. The molecule has 5 heteroatoms. The lowest BCUT2D eigenvalue weighted by Crippen LogP contribution is -2.04. The zero-order valence-corrected chi connectivity index (χ0v) is 7.70. The Hall–Kier alpha value is -2.17. The molecule has 76 valence electrons. The summed E-state index contributed by atoms with van der Waals surface area (Å²) in [5.74, 6) is -0.534. The van der Waals surface area contributed by atoms with Gasteiger partial charge in [-0.15, -0.1) is 0 Å². The quantitative estimate of drug-likeness (QED) is 0.662. The number of anilines is 1. The van der Waals surface area contributed by atoms with Crippen molar-refractivity contribution in [2.24, 2.45) is 0 Å². The van der Waals surface area contributed by atoms with Crippen molar-refractivity contribution in [2.75, 3.05) is 5.32 Å². The van der Waals surface area contributed by atoms with E-state index in [1.54, 1.807) is 0 Å². The molecule has 3 N–H and O–H groups in total. The normalized spacial score (nSPS) is 12.8. The minimum atomic E-state index is -1.06. The van der Waals surface area contributed by atoms with Crippen LogP contribution in [0.15, 0.2) is 22.7 Å². The number of furan rings is 1. The van der Waals surface area contributed by atoms with E-state index in [4.69, 9.17) is 9.52 Å². The molecular weight excluding hydrogens is 196 g/mol. The van der Waals surface area contributed by atoms with E-state index in [-0.39, 0.29) is 5.76 Å². The summed E-state index contributed by atoms with van der Waals surface area (Å²) in [6, 6.07) is 3.44. The van der Waals surface area contributed by atoms with Crippen molar-refractivity contribution in [1.82, 2.24) is 4.98 Å². The molecule has 0 atom stereocenters. The molecule has 1 aliphatic heterocycles. The zero-order valence-electron chi connectivity index (χ0n) is 7.70. The predicted molar refractivity (Wildman–Crippen MR) is 52.8 cm³/mol. The second-order valence-electron chi connectivity index (χ2n) is 3.39. The molecule has 3 rings (SSSR count). The van der Waals surface area contributed by atoms with Crippen LogP contribution in [0.25, 0.3) is 11.5 Å². The van der Waals surface area contributed by atoms with E-state index in [9.17, 15) is 4.79 Å². The number of rotatable bonds is 1. The second-order valence-corrected chi connectivity index (χ2v) is 3.39. The summed E-state index contributed by atoms with van der Waals surface area (Å²) in [5.41, 5.74) is 2.66. The highest BCUT2D eigenvalue weighted by molar-refractivity contribution is 5.89. The van der Waals surface area contributed by atoms with Gasteiger partial charge in [-0.1, -0.05) is 0 Å². The van der Waals surface area contributed by atoms with Crippen LogP contribution in [0.1, 0.15) is 16.1 Å². The average molecular weight is 204 g/mol. The van der Waals surface area contributed by atoms with Crippen LogP contribution in [-0.2, 0) is 6.54 Å². The predicted octanol–water partition coefficient (Wildman–Crippen LogP) is 1.90. The summed E-state index contributed by atoms with van der Waals surface area (Å²) < 4.78 is 5.26. The van der Waals surface area contributed by atoms with Crippen LogP contribution >= 0.6 is 0 Å². The van der Waals surface area contributed by atoms with E-state index >= 15 is 0 Å². The number of aromatic nitrogens is 1. The van der Waals surface area contributed by atoms with Gasteiger partial charge in [0.2, 0.25) is 5.76 Å². The molecule has 2 aromatic heterocycles. The van der Waals surface area contributed by atoms with Gasteiger partial charge in [0.1, 0.15) is 0 Å². The topological polar surface area (TPSA) is 78.3 Å². The molecule has 0 aromatic carbocycles. The zero-order chi connectivity index (χ0) is 10.4. The molecule has 3 heterocycles. The van der Waals surface area contributed by atoms with Crippen LogP contribution in [-0.4, -0.2) is 16.1 Å². The van der Waals surface area contributed by atoms with Gasteiger partial charge in [0.05, 0.1) is 11.4 Å². The van der Waals surface area contributed by atoms with Crippen molar-refractivity contribution >= 4 is 11.7 Å².